The van der Waals surface area contributed by atoms with Crippen LogP contribution in [0.3, 0.4) is 0 Å². The van der Waals surface area contributed by atoms with Gasteiger partial charge >= 0.3 is 0 Å². The van der Waals surface area contributed by atoms with Crippen molar-refractivity contribution in [1.29, 1.82) is 0 Å². The maximum atomic E-state index is 6.32. The Bertz CT molecular complexity index is 415. The van der Waals surface area contributed by atoms with Gasteiger partial charge in [-0.1, -0.05) is 46.8 Å². The number of aryl methyl sites for hydroxylation is 2. The van der Waals surface area contributed by atoms with Gasteiger partial charge in [0.25, 0.3) is 0 Å². The Balaban J connectivity index is 2.86. The molecule has 0 amide bonds. The molecule has 0 aromatic heterocycles. The molecule has 1 aromatic rings. The number of hydrogen-bond acceptors (Lipinski definition) is 1. The molecule has 0 aliphatic carbocycles. The average molecular weight is 275 g/mol. The van der Waals surface area contributed by atoms with E-state index in [1.54, 1.807) is 0 Å². The Labute approximate surface area is 126 Å². The lowest BCUT2D eigenvalue weighted by Crippen LogP contribution is -2.24. The molecule has 0 spiro atoms. The van der Waals surface area contributed by atoms with Gasteiger partial charge in [-0.2, -0.15) is 0 Å². The van der Waals surface area contributed by atoms with Crippen molar-refractivity contribution in [3.8, 4) is 0 Å². The summed E-state index contributed by atoms with van der Waals surface area (Å²) in [5.74, 6) is 0.742. The third kappa shape index (κ3) is 4.94. The molecule has 2 N–H and O–H groups in total. The molecule has 1 rings (SSSR count). The van der Waals surface area contributed by atoms with E-state index in [0.717, 1.165) is 18.8 Å². The van der Waals surface area contributed by atoms with E-state index in [-0.39, 0.29) is 11.5 Å². The summed E-state index contributed by atoms with van der Waals surface area (Å²) in [6, 6.07) is 4.98. The maximum absolute atomic E-state index is 6.32. The van der Waals surface area contributed by atoms with Gasteiger partial charge in [-0.15, -0.1) is 0 Å². The highest BCUT2D eigenvalue weighted by molar-refractivity contribution is 5.40. The second kappa shape index (κ2) is 6.76. The zero-order valence-electron chi connectivity index (χ0n) is 14.5. The third-order valence-electron chi connectivity index (χ3n) is 4.14. The smallest absolute Gasteiger partial charge is 0.00796 e. The summed E-state index contributed by atoms with van der Waals surface area (Å²) in [5.41, 5.74) is 12.2. The van der Waals surface area contributed by atoms with Crippen LogP contribution in [0.5, 0.6) is 0 Å². The molecule has 0 aliphatic heterocycles. The Morgan fingerprint density at radius 3 is 1.90 bits per heavy atom. The predicted molar refractivity (Wildman–Crippen MR) is 90.4 cm³/mol. The van der Waals surface area contributed by atoms with Crippen LogP contribution in [0.4, 0.5) is 0 Å². The molecule has 1 heteroatoms. The highest BCUT2D eigenvalue weighted by Crippen LogP contribution is 2.27. The van der Waals surface area contributed by atoms with Gasteiger partial charge in [-0.25, -0.2) is 0 Å². The van der Waals surface area contributed by atoms with Crippen LogP contribution in [0.1, 0.15) is 69.7 Å². The van der Waals surface area contributed by atoms with E-state index in [1.165, 1.54) is 28.7 Å². The molecule has 0 saturated heterocycles. The summed E-state index contributed by atoms with van der Waals surface area (Å²) >= 11 is 0. The second-order valence-corrected chi connectivity index (χ2v) is 7.77. The van der Waals surface area contributed by atoms with Gasteiger partial charge in [0.2, 0.25) is 0 Å². The molecular weight excluding hydrogens is 242 g/mol. The summed E-state index contributed by atoms with van der Waals surface area (Å²) in [6.07, 6.45) is 3.35. The van der Waals surface area contributed by atoms with Gasteiger partial charge < -0.3 is 5.73 Å². The van der Waals surface area contributed by atoms with Crippen LogP contribution >= 0.6 is 0 Å². The highest BCUT2D eigenvalue weighted by atomic mass is 14.6. The third-order valence-corrected chi connectivity index (χ3v) is 4.14. The molecule has 1 nitrogen and oxygen atoms in total. The summed E-state index contributed by atoms with van der Waals surface area (Å²) in [6.45, 7) is 15.8. The van der Waals surface area contributed by atoms with E-state index in [4.69, 9.17) is 5.73 Å². The largest absolute Gasteiger partial charge is 0.327 e. The van der Waals surface area contributed by atoms with Crippen LogP contribution in [0, 0.1) is 19.8 Å². The summed E-state index contributed by atoms with van der Waals surface area (Å²) < 4.78 is 0. The first-order valence-electron chi connectivity index (χ1n) is 7.97. The standard InChI is InChI=1S/C19H33N/c1-13(2)8-9-17(20)12-18-14(3)10-16(11-15(18)4)19(5,6)7/h10-11,13,17H,8-9,12,20H2,1-7H3. The Kier molecular flexibility index (Phi) is 5.82. The predicted octanol–water partition coefficient (Wildman–Crippen LogP) is 4.91. The quantitative estimate of drug-likeness (QED) is 0.812. The van der Waals surface area contributed by atoms with Crippen molar-refractivity contribution in [2.75, 3.05) is 0 Å². The molecule has 0 saturated carbocycles. The van der Waals surface area contributed by atoms with Gasteiger partial charge in [0.05, 0.1) is 0 Å². The number of rotatable bonds is 5. The molecule has 0 heterocycles. The minimum atomic E-state index is 0.216. The Hall–Kier alpha value is -0.820. The monoisotopic (exact) mass is 275 g/mol. The van der Waals surface area contributed by atoms with E-state index in [1.807, 2.05) is 0 Å². The Morgan fingerprint density at radius 1 is 1.00 bits per heavy atom. The first-order chi connectivity index (χ1) is 9.11. The second-order valence-electron chi connectivity index (χ2n) is 7.77. The van der Waals surface area contributed by atoms with E-state index in [0.29, 0.717) is 0 Å². The van der Waals surface area contributed by atoms with Gasteiger partial charge in [-0.05, 0) is 66.7 Å². The van der Waals surface area contributed by atoms with E-state index >= 15 is 0 Å². The lowest BCUT2D eigenvalue weighted by atomic mass is 9.82. The lowest BCUT2D eigenvalue weighted by molar-refractivity contribution is 0.493. The topological polar surface area (TPSA) is 26.0 Å². The maximum Gasteiger partial charge on any atom is 0.00796 e. The molecule has 0 radical (unpaired) electrons. The van der Waals surface area contributed by atoms with Crippen molar-refractivity contribution in [3.05, 3.63) is 34.4 Å². The molecule has 0 fully saturated rings. The molecule has 114 valence electrons. The van der Waals surface area contributed by atoms with Gasteiger partial charge in [0.15, 0.2) is 0 Å². The first kappa shape index (κ1) is 17.2. The highest BCUT2D eigenvalue weighted by Gasteiger charge is 2.17. The first-order valence-corrected chi connectivity index (χ1v) is 7.97. The molecule has 1 atom stereocenters. The van der Waals surface area contributed by atoms with Crippen molar-refractivity contribution in [1.82, 2.24) is 0 Å². The number of nitrogens with two attached hydrogens (primary N) is 1. The molecule has 0 bridgehead atoms. The number of benzene rings is 1. The van der Waals surface area contributed by atoms with E-state index < -0.39 is 0 Å². The normalized spacial score (nSPS) is 13.8. The van der Waals surface area contributed by atoms with Crippen LogP contribution in [0.25, 0.3) is 0 Å². The van der Waals surface area contributed by atoms with Crippen molar-refractivity contribution in [3.63, 3.8) is 0 Å². The van der Waals surface area contributed by atoms with Gasteiger partial charge in [0, 0.05) is 6.04 Å². The van der Waals surface area contributed by atoms with Crippen LogP contribution in [0.15, 0.2) is 12.1 Å². The van der Waals surface area contributed by atoms with Crippen molar-refractivity contribution >= 4 is 0 Å². The molecule has 1 unspecified atom stereocenters. The van der Waals surface area contributed by atoms with Crippen LogP contribution < -0.4 is 5.73 Å². The fourth-order valence-corrected chi connectivity index (χ4v) is 2.66. The zero-order valence-corrected chi connectivity index (χ0v) is 14.5. The van der Waals surface area contributed by atoms with Crippen molar-refractivity contribution in [2.24, 2.45) is 11.7 Å². The molecule has 1 aromatic carbocycles. The van der Waals surface area contributed by atoms with E-state index in [2.05, 4.69) is 60.6 Å². The fourth-order valence-electron chi connectivity index (χ4n) is 2.66. The fraction of sp³-hybridized carbons (Fsp3) is 0.684. The lowest BCUT2D eigenvalue weighted by Gasteiger charge is -2.23. The van der Waals surface area contributed by atoms with Gasteiger partial charge in [0.1, 0.15) is 0 Å². The van der Waals surface area contributed by atoms with Crippen LogP contribution in [-0.4, -0.2) is 6.04 Å². The summed E-state index contributed by atoms with van der Waals surface area (Å²) in [5, 5.41) is 0. The van der Waals surface area contributed by atoms with Crippen molar-refractivity contribution in [2.45, 2.75) is 79.2 Å². The molecule has 0 aliphatic rings. The SMILES string of the molecule is Cc1cc(C(C)(C)C)cc(C)c1CC(N)CCC(C)C. The minimum absolute atomic E-state index is 0.216. The van der Waals surface area contributed by atoms with Crippen LogP contribution in [-0.2, 0) is 11.8 Å². The Morgan fingerprint density at radius 2 is 1.50 bits per heavy atom. The molecular formula is C19H33N. The average Bonchev–Trinajstić information content (AvgIpc) is 2.29. The summed E-state index contributed by atoms with van der Waals surface area (Å²) in [7, 11) is 0. The summed E-state index contributed by atoms with van der Waals surface area (Å²) in [4.78, 5) is 0. The number of hydrogen-bond donors (Lipinski definition) is 1. The zero-order chi connectivity index (χ0) is 15.5. The van der Waals surface area contributed by atoms with Crippen LogP contribution in [0.2, 0.25) is 0 Å². The molecule has 20 heavy (non-hydrogen) atoms. The van der Waals surface area contributed by atoms with E-state index in [9.17, 15) is 0 Å². The van der Waals surface area contributed by atoms with Gasteiger partial charge in [-0.3, -0.25) is 0 Å². The minimum Gasteiger partial charge on any atom is -0.327 e. The van der Waals surface area contributed by atoms with Crippen molar-refractivity contribution < 1.29 is 0 Å².